The molecule has 4 unspecified atom stereocenters. The highest BCUT2D eigenvalue weighted by Gasteiger charge is 2.33. The first-order valence-electron chi connectivity index (χ1n) is 7.80. The summed E-state index contributed by atoms with van der Waals surface area (Å²) in [5, 5.41) is 0. The van der Waals surface area contributed by atoms with Crippen LogP contribution in [0.25, 0.3) is 0 Å². The van der Waals surface area contributed by atoms with Gasteiger partial charge in [-0.3, -0.25) is 4.90 Å². The lowest BCUT2D eigenvalue weighted by Crippen LogP contribution is -2.49. The van der Waals surface area contributed by atoms with E-state index in [0.717, 1.165) is 18.9 Å². The van der Waals surface area contributed by atoms with E-state index in [0.29, 0.717) is 12.1 Å². The van der Waals surface area contributed by atoms with E-state index in [1.54, 1.807) is 0 Å². The Hall–Kier alpha value is -0.380. The summed E-state index contributed by atoms with van der Waals surface area (Å²) >= 11 is 3.71. The van der Waals surface area contributed by atoms with E-state index in [2.05, 4.69) is 65.9 Å². The Morgan fingerprint density at radius 1 is 1.30 bits per heavy atom. The van der Waals surface area contributed by atoms with Gasteiger partial charge in [0.1, 0.15) is 0 Å². The molecule has 0 amide bonds. The van der Waals surface area contributed by atoms with Crippen molar-refractivity contribution in [2.75, 3.05) is 6.54 Å². The number of nitrogens with zero attached hydrogens (tertiary/aromatic N) is 1. The topological polar surface area (TPSA) is 29.3 Å². The summed E-state index contributed by atoms with van der Waals surface area (Å²) in [6, 6.07) is 9.65. The Kier molecular flexibility index (Phi) is 5.65. The van der Waals surface area contributed by atoms with Crippen LogP contribution in [0, 0.1) is 5.92 Å². The van der Waals surface area contributed by atoms with Gasteiger partial charge in [0.15, 0.2) is 0 Å². The Labute approximate surface area is 131 Å². The number of nitrogens with two attached hydrogens (primary N) is 1. The summed E-state index contributed by atoms with van der Waals surface area (Å²) in [6.07, 6.45) is 3.61. The van der Waals surface area contributed by atoms with Crippen molar-refractivity contribution in [1.29, 1.82) is 0 Å². The van der Waals surface area contributed by atoms with Gasteiger partial charge in [-0.15, -0.1) is 0 Å². The van der Waals surface area contributed by atoms with Crippen LogP contribution in [-0.4, -0.2) is 23.5 Å². The van der Waals surface area contributed by atoms with Crippen LogP contribution in [0.5, 0.6) is 0 Å². The maximum atomic E-state index is 6.49. The van der Waals surface area contributed by atoms with E-state index in [-0.39, 0.29) is 6.04 Å². The fourth-order valence-electron chi connectivity index (χ4n) is 3.30. The Morgan fingerprint density at radius 3 is 2.65 bits per heavy atom. The Bertz CT molecular complexity index is 435. The van der Waals surface area contributed by atoms with Gasteiger partial charge in [-0.25, -0.2) is 0 Å². The van der Waals surface area contributed by atoms with E-state index in [1.807, 2.05) is 0 Å². The molecule has 3 heteroatoms. The highest BCUT2D eigenvalue weighted by Crippen LogP contribution is 2.36. The SMILES string of the molecule is CCC(N)C(c1ccccc1Br)N1CC(C)CCC1C. The first-order valence-corrected chi connectivity index (χ1v) is 8.59. The molecular weight excluding hydrogens is 312 g/mol. The first kappa shape index (κ1) is 16.0. The summed E-state index contributed by atoms with van der Waals surface area (Å²) in [7, 11) is 0. The molecule has 1 fully saturated rings. The van der Waals surface area contributed by atoms with Crippen molar-refractivity contribution >= 4 is 15.9 Å². The third kappa shape index (κ3) is 3.44. The highest BCUT2D eigenvalue weighted by atomic mass is 79.9. The molecule has 1 saturated heterocycles. The van der Waals surface area contributed by atoms with Crippen LogP contribution in [0.2, 0.25) is 0 Å². The van der Waals surface area contributed by atoms with Crippen LogP contribution in [0.1, 0.15) is 51.6 Å². The zero-order valence-corrected chi connectivity index (χ0v) is 14.4. The van der Waals surface area contributed by atoms with E-state index < -0.39 is 0 Å². The Morgan fingerprint density at radius 2 is 2.00 bits per heavy atom. The fourth-order valence-corrected chi connectivity index (χ4v) is 3.82. The Balaban J connectivity index is 2.35. The molecule has 0 spiro atoms. The van der Waals surface area contributed by atoms with Crippen molar-refractivity contribution in [3.8, 4) is 0 Å². The number of halogens is 1. The summed E-state index contributed by atoms with van der Waals surface area (Å²) in [4.78, 5) is 2.63. The van der Waals surface area contributed by atoms with Gasteiger partial charge in [-0.1, -0.05) is 48.0 Å². The van der Waals surface area contributed by atoms with Crippen LogP contribution in [-0.2, 0) is 0 Å². The molecular formula is C17H27BrN2. The lowest BCUT2D eigenvalue weighted by molar-refractivity contribution is 0.0622. The second kappa shape index (κ2) is 7.06. The van der Waals surface area contributed by atoms with Gasteiger partial charge in [0.05, 0.1) is 6.04 Å². The zero-order chi connectivity index (χ0) is 14.7. The van der Waals surface area contributed by atoms with Crippen molar-refractivity contribution in [3.05, 3.63) is 34.3 Å². The van der Waals surface area contributed by atoms with Crippen molar-refractivity contribution in [2.45, 2.75) is 58.2 Å². The number of hydrogen-bond acceptors (Lipinski definition) is 2. The third-order valence-corrected chi connectivity index (χ3v) is 5.35. The normalized spacial score (nSPS) is 27.2. The molecule has 0 radical (unpaired) electrons. The predicted molar refractivity (Wildman–Crippen MR) is 89.7 cm³/mol. The number of hydrogen-bond donors (Lipinski definition) is 1. The van der Waals surface area contributed by atoms with Gasteiger partial charge >= 0.3 is 0 Å². The van der Waals surface area contributed by atoms with Crippen LogP contribution >= 0.6 is 15.9 Å². The molecule has 4 atom stereocenters. The smallest absolute Gasteiger partial charge is 0.0513 e. The molecule has 2 N–H and O–H groups in total. The van der Waals surface area contributed by atoms with Gasteiger partial charge in [-0.05, 0) is 43.7 Å². The van der Waals surface area contributed by atoms with E-state index in [4.69, 9.17) is 5.73 Å². The number of piperidine rings is 1. The van der Waals surface area contributed by atoms with Gasteiger partial charge in [0, 0.05) is 23.1 Å². The summed E-state index contributed by atoms with van der Waals surface area (Å²) in [5.74, 6) is 0.764. The highest BCUT2D eigenvalue weighted by molar-refractivity contribution is 9.10. The monoisotopic (exact) mass is 338 g/mol. The second-order valence-electron chi connectivity index (χ2n) is 6.27. The molecule has 0 aromatic heterocycles. The summed E-state index contributed by atoms with van der Waals surface area (Å²) in [5.41, 5.74) is 7.83. The second-order valence-corrected chi connectivity index (χ2v) is 7.12. The zero-order valence-electron chi connectivity index (χ0n) is 12.8. The quantitative estimate of drug-likeness (QED) is 0.884. The van der Waals surface area contributed by atoms with E-state index in [9.17, 15) is 0 Å². The standard InChI is InChI=1S/C17H27BrN2/c1-4-16(19)17(14-7-5-6-8-15(14)18)20-11-12(2)9-10-13(20)3/h5-8,12-13,16-17H,4,9-11,19H2,1-3H3. The third-order valence-electron chi connectivity index (χ3n) is 4.62. The molecule has 2 rings (SSSR count). The fraction of sp³-hybridized carbons (Fsp3) is 0.647. The number of rotatable bonds is 4. The molecule has 112 valence electrons. The molecule has 20 heavy (non-hydrogen) atoms. The minimum Gasteiger partial charge on any atom is -0.326 e. The van der Waals surface area contributed by atoms with Gasteiger partial charge in [0.2, 0.25) is 0 Å². The van der Waals surface area contributed by atoms with Gasteiger partial charge in [-0.2, -0.15) is 0 Å². The minimum absolute atomic E-state index is 0.182. The van der Waals surface area contributed by atoms with Crippen molar-refractivity contribution in [3.63, 3.8) is 0 Å². The molecule has 0 saturated carbocycles. The van der Waals surface area contributed by atoms with Crippen molar-refractivity contribution in [2.24, 2.45) is 11.7 Å². The van der Waals surface area contributed by atoms with Crippen molar-refractivity contribution < 1.29 is 0 Å². The van der Waals surface area contributed by atoms with Gasteiger partial charge < -0.3 is 5.73 Å². The van der Waals surface area contributed by atoms with Gasteiger partial charge in [0.25, 0.3) is 0 Å². The average molecular weight is 339 g/mol. The average Bonchev–Trinajstić information content (AvgIpc) is 2.44. The number of likely N-dealkylation sites (tertiary alicyclic amines) is 1. The van der Waals surface area contributed by atoms with Crippen LogP contribution in [0.4, 0.5) is 0 Å². The first-order chi connectivity index (χ1) is 9.54. The van der Waals surface area contributed by atoms with Crippen molar-refractivity contribution in [1.82, 2.24) is 4.90 Å². The van der Waals surface area contributed by atoms with E-state index >= 15 is 0 Å². The lowest BCUT2D eigenvalue weighted by atomic mass is 9.88. The molecule has 0 aliphatic carbocycles. The largest absolute Gasteiger partial charge is 0.326 e. The van der Waals surface area contributed by atoms with E-state index in [1.165, 1.54) is 22.9 Å². The maximum absolute atomic E-state index is 6.49. The van der Waals surface area contributed by atoms with Crippen LogP contribution in [0.3, 0.4) is 0 Å². The lowest BCUT2D eigenvalue weighted by Gasteiger charge is -2.44. The maximum Gasteiger partial charge on any atom is 0.0513 e. The molecule has 1 aromatic rings. The summed E-state index contributed by atoms with van der Waals surface area (Å²) < 4.78 is 1.18. The van der Waals surface area contributed by atoms with Crippen LogP contribution in [0.15, 0.2) is 28.7 Å². The molecule has 1 heterocycles. The molecule has 1 aliphatic heterocycles. The number of benzene rings is 1. The van der Waals surface area contributed by atoms with Crippen LogP contribution < -0.4 is 5.73 Å². The molecule has 2 nitrogen and oxygen atoms in total. The molecule has 0 bridgehead atoms. The molecule has 1 aliphatic rings. The predicted octanol–water partition coefficient (Wildman–Crippen LogP) is 4.35. The molecule has 1 aromatic carbocycles. The summed E-state index contributed by atoms with van der Waals surface area (Å²) in [6.45, 7) is 8.04. The minimum atomic E-state index is 0.182.